The maximum Gasteiger partial charge on any atom is 0.416 e. The summed E-state index contributed by atoms with van der Waals surface area (Å²) >= 11 is 0. The Labute approximate surface area is 105 Å². The van der Waals surface area contributed by atoms with Gasteiger partial charge in [0.15, 0.2) is 0 Å². The zero-order chi connectivity index (χ0) is 13.2. The Morgan fingerprint density at radius 1 is 1.22 bits per heavy atom. The second-order valence-corrected chi connectivity index (χ2v) is 4.58. The SMILES string of the molecule is CNCC(c1ccc(C(F)(F)F)cc1)N1CCC1. The summed E-state index contributed by atoms with van der Waals surface area (Å²) in [6.07, 6.45) is -3.09. The minimum atomic E-state index is -4.26. The molecule has 1 unspecified atom stereocenters. The van der Waals surface area contributed by atoms with Crippen LogP contribution < -0.4 is 5.32 Å². The molecule has 100 valence electrons. The normalized spacial score (nSPS) is 18.4. The molecule has 1 atom stereocenters. The molecule has 1 fully saturated rings. The van der Waals surface area contributed by atoms with Gasteiger partial charge in [-0.1, -0.05) is 12.1 Å². The van der Waals surface area contributed by atoms with Crippen LogP contribution >= 0.6 is 0 Å². The standard InChI is InChI=1S/C13H17F3N2/c1-17-9-12(18-7-2-8-18)10-3-5-11(6-4-10)13(14,15)16/h3-6,12,17H,2,7-9H2,1H3. The van der Waals surface area contributed by atoms with Crippen molar-refractivity contribution in [1.82, 2.24) is 10.2 Å². The molecule has 1 aromatic rings. The van der Waals surface area contributed by atoms with Crippen LogP contribution in [0.5, 0.6) is 0 Å². The van der Waals surface area contributed by atoms with Crippen molar-refractivity contribution in [3.63, 3.8) is 0 Å². The monoisotopic (exact) mass is 258 g/mol. The number of likely N-dealkylation sites (N-methyl/N-ethyl adjacent to an activating group) is 1. The van der Waals surface area contributed by atoms with Gasteiger partial charge in [-0.15, -0.1) is 0 Å². The van der Waals surface area contributed by atoms with Gasteiger partial charge in [0.05, 0.1) is 5.56 Å². The minimum absolute atomic E-state index is 0.172. The van der Waals surface area contributed by atoms with Crippen molar-refractivity contribution in [2.24, 2.45) is 0 Å². The largest absolute Gasteiger partial charge is 0.416 e. The van der Waals surface area contributed by atoms with Crippen LogP contribution in [0.1, 0.15) is 23.6 Å². The van der Waals surface area contributed by atoms with E-state index in [9.17, 15) is 13.2 Å². The summed E-state index contributed by atoms with van der Waals surface area (Å²) < 4.78 is 37.4. The zero-order valence-corrected chi connectivity index (χ0v) is 10.3. The summed E-state index contributed by atoms with van der Waals surface area (Å²) in [6.45, 7) is 2.80. The van der Waals surface area contributed by atoms with Crippen LogP contribution in [0, 0.1) is 0 Å². The van der Waals surface area contributed by atoms with E-state index in [0.29, 0.717) is 0 Å². The fourth-order valence-corrected chi connectivity index (χ4v) is 2.20. The van der Waals surface area contributed by atoms with Gasteiger partial charge >= 0.3 is 6.18 Å². The molecule has 1 saturated heterocycles. The first-order valence-electron chi connectivity index (χ1n) is 6.08. The molecule has 0 aromatic heterocycles. The van der Waals surface area contributed by atoms with Crippen LogP contribution in [0.4, 0.5) is 13.2 Å². The first kappa shape index (κ1) is 13.4. The van der Waals surface area contributed by atoms with Crippen molar-refractivity contribution in [2.75, 3.05) is 26.7 Å². The van der Waals surface area contributed by atoms with Crippen LogP contribution in [-0.2, 0) is 6.18 Å². The predicted octanol–water partition coefficient (Wildman–Crippen LogP) is 2.67. The van der Waals surface area contributed by atoms with E-state index >= 15 is 0 Å². The lowest BCUT2D eigenvalue weighted by atomic mass is 10.00. The smallest absolute Gasteiger partial charge is 0.318 e. The summed E-state index contributed by atoms with van der Waals surface area (Å²) in [4.78, 5) is 2.28. The lowest BCUT2D eigenvalue weighted by Gasteiger charge is -2.38. The lowest BCUT2D eigenvalue weighted by Crippen LogP contribution is -2.43. The molecule has 0 saturated carbocycles. The molecule has 1 aliphatic heterocycles. The molecule has 5 heteroatoms. The number of benzene rings is 1. The molecule has 0 spiro atoms. The fourth-order valence-electron chi connectivity index (χ4n) is 2.20. The van der Waals surface area contributed by atoms with Crippen molar-refractivity contribution in [3.8, 4) is 0 Å². The predicted molar refractivity (Wildman–Crippen MR) is 64.3 cm³/mol. The van der Waals surface area contributed by atoms with Gasteiger partial charge in [-0.2, -0.15) is 13.2 Å². The Kier molecular flexibility index (Phi) is 3.92. The number of nitrogens with one attached hydrogen (secondary N) is 1. The molecule has 0 bridgehead atoms. The van der Waals surface area contributed by atoms with Gasteiger partial charge in [-0.25, -0.2) is 0 Å². The third kappa shape index (κ3) is 2.84. The Hall–Kier alpha value is -1.07. The second-order valence-electron chi connectivity index (χ2n) is 4.58. The molecule has 1 aliphatic rings. The van der Waals surface area contributed by atoms with E-state index < -0.39 is 11.7 Å². The number of hydrogen-bond acceptors (Lipinski definition) is 2. The van der Waals surface area contributed by atoms with Gasteiger partial charge in [0.1, 0.15) is 0 Å². The molecule has 1 heterocycles. The van der Waals surface area contributed by atoms with E-state index in [1.54, 1.807) is 12.1 Å². The fraction of sp³-hybridized carbons (Fsp3) is 0.538. The van der Waals surface area contributed by atoms with Crippen LogP contribution in [0.3, 0.4) is 0 Å². The van der Waals surface area contributed by atoms with Crippen molar-refractivity contribution in [2.45, 2.75) is 18.6 Å². The van der Waals surface area contributed by atoms with E-state index in [2.05, 4.69) is 10.2 Å². The van der Waals surface area contributed by atoms with Gasteiger partial charge < -0.3 is 5.32 Å². The van der Waals surface area contributed by atoms with Crippen LogP contribution in [0.25, 0.3) is 0 Å². The quantitative estimate of drug-likeness (QED) is 0.893. The average Bonchev–Trinajstić information content (AvgIpc) is 2.25. The van der Waals surface area contributed by atoms with Crippen LogP contribution in [-0.4, -0.2) is 31.6 Å². The van der Waals surface area contributed by atoms with Crippen molar-refractivity contribution in [1.29, 1.82) is 0 Å². The number of likely N-dealkylation sites (tertiary alicyclic amines) is 1. The van der Waals surface area contributed by atoms with Crippen molar-refractivity contribution < 1.29 is 13.2 Å². The molecule has 2 rings (SSSR count). The van der Waals surface area contributed by atoms with E-state index in [1.807, 2.05) is 7.05 Å². The Balaban J connectivity index is 2.15. The Bertz CT molecular complexity index is 382. The first-order chi connectivity index (χ1) is 8.52. The van der Waals surface area contributed by atoms with Gasteiger partial charge in [0.25, 0.3) is 0 Å². The molecular formula is C13H17F3N2. The number of halogens is 3. The van der Waals surface area contributed by atoms with Gasteiger partial charge in [0.2, 0.25) is 0 Å². The summed E-state index contributed by atoms with van der Waals surface area (Å²) in [5, 5.41) is 3.10. The van der Waals surface area contributed by atoms with Crippen LogP contribution in [0.15, 0.2) is 24.3 Å². The van der Waals surface area contributed by atoms with Gasteiger partial charge in [-0.3, -0.25) is 4.90 Å². The van der Waals surface area contributed by atoms with Crippen molar-refractivity contribution >= 4 is 0 Å². The average molecular weight is 258 g/mol. The highest BCUT2D eigenvalue weighted by atomic mass is 19.4. The van der Waals surface area contributed by atoms with Crippen LogP contribution in [0.2, 0.25) is 0 Å². The lowest BCUT2D eigenvalue weighted by molar-refractivity contribution is -0.137. The van der Waals surface area contributed by atoms with Gasteiger partial charge in [0, 0.05) is 25.7 Å². The molecule has 1 N–H and O–H groups in total. The van der Waals surface area contributed by atoms with E-state index in [1.165, 1.54) is 6.42 Å². The summed E-state index contributed by atoms with van der Waals surface area (Å²) in [5.41, 5.74) is 0.357. The van der Waals surface area contributed by atoms with E-state index in [0.717, 1.165) is 37.3 Å². The molecule has 0 radical (unpaired) electrons. The highest BCUT2D eigenvalue weighted by molar-refractivity contribution is 5.27. The van der Waals surface area contributed by atoms with E-state index in [4.69, 9.17) is 0 Å². The molecule has 2 nitrogen and oxygen atoms in total. The molecular weight excluding hydrogens is 241 g/mol. The summed E-state index contributed by atoms with van der Waals surface area (Å²) in [6, 6.07) is 5.67. The first-order valence-corrected chi connectivity index (χ1v) is 6.08. The highest BCUT2D eigenvalue weighted by Crippen LogP contribution is 2.31. The number of nitrogens with zero attached hydrogens (tertiary/aromatic N) is 1. The molecule has 0 aliphatic carbocycles. The zero-order valence-electron chi connectivity index (χ0n) is 10.3. The third-order valence-electron chi connectivity index (χ3n) is 3.35. The molecule has 18 heavy (non-hydrogen) atoms. The van der Waals surface area contributed by atoms with Gasteiger partial charge in [-0.05, 0) is 31.2 Å². The molecule has 1 aromatic carbocycles. The number of hydrogen-bond donors (Lipinski definition) is 1. The Morgan fingerprint density at radius 2 is 1.83 bits per heavy atom. The molecule has 0 amide bonds. The minimum Gasteiger partial charge on any atom is -0.318 e. The number of alkyl halides is 3. The number of rotatable bonds is 4. The third-order valence-corrected chi connectivity index (χ3v) is 3.35. The topological polar surface area (TPSA) is 15.3 Å². The highest BCUT2D eigenvalue weighted by Gasteiger charge is 2.31. The van der Waals surface area contributed by atoms with Crippen molar-refractivity contribution in [3.05, 3.63) is 35.4 Å². The second kappa shape index (κ2) is 5.28. The maximum atomic E-state index is 12.5. The van der Waals surface area contributed by atoms with E-state index in [-0.39, 0.29) is 6.04 Å². The maximum absolute atomic E-state index is 12.5. The summed E-state index contributed by atoms with van der Waals surface area (Å²) in [5.74, 6) is 0. The Morgan fingerprint density at radius 3 is 2.22 bits per heavy atom. The summed E-state index contributed by atoms with van der Waals surface area (Å²) in [7, 11) is 1.86.